The van der Waals surface area contributed by atoms with Gasteiger partial charge in [-0.05, 0) is 40.5 Å². The highest BCUT2D eigenvalue weighted by molar-refractivity contribution is 6.31. The van der Waals surface area contributed by atoms with Gasteiger partial charge in [-0.25, -0.2) is 9.59 Å². The maximum atomic E-state index is 14.4. The lowest BCUT2D eigenvalue weighted by molar-refractivity contribution is -0.138. The first-order valence-corrected chi connectivity index (χ1v) is 10.9. The second-order valence-electron chi connectivity index (χ2n) is 7.83. The molecule has 3 aromatic rings. The number of hydrogen-bond acceptors (Lipinski definition) is 4. The highest BCUT2D eigenvalue weighted by Crippen LogP contribution is 2.44. The molecule has 0 heterocycles. The Morgan fingerprint density at radius 2 is 1.57 bits per heavy atom. The first-order valence-electron chi connectivity index (χ1n) is 10.5. The molecule has 180 valence electrons. The van der Waals surface area contributed by atoms with Crippen molar-refractivity contribution < 1.29 is 33.0 Å². The zero-order chi connectivity index (χ0) is 25.2. The molecular formula is C25H19ClF2N2O5. The Kier molecular flexibility index (Phi) is 6.70. The Hall–Kier alpha value is -3.98. The molecule has 0 unspecified atom stereocenters. The minimum Gasteiger partial charge on any atom is -0.478 e. The number of rotatable bonds is 7. The topological polar surface area (TPSA) is 105 Å². The predicted molar refractivity (Wildman–Crippen MR) is 125 cm³/mol. The van der Waals surface area contributed by atoms with Crippen LogP contribution in [0.5, 0.6) is 0 Å². The molecule has 1 aliphatic rings. The summed E-state index contributed by atoms with van der Waals surface area (Å²) in [6.45, 7) is -1.42. The van der Waals surface area contributed by atoms with Crippen LogP contribution in [0.4, 0.5) is 19.3 Å². The summed E-state index contributed by atoms with van der Waals surface area (Å²) < 4.78 is 33.9. The van der Waals surface area contributed by atoms with Crippen LogP contribution < -0.4 is 10.6 Å². The van der Waals surface area contributed by atoms with E-state index in [0.29, 0.717) is 0 Å². The molecule has 4 rings (SSSR count). The summed E-state index contributed by atoms with van der Waals surface area (Å²) in [7, 11) is 0. The van der Waals surface area contributed by atoms with Crippen LogP contribution in [0.25, 0.3) is 11.1 Å². The summed E-state index contributed by atoms with van der Waals surface area (Å²) >= 11 is 5.72. The Morgan fingerprint density at radius 3 is 2.17 bits per heavy atom. The smallest absolute Gasteiger partial charge is 0.407 e. The average Bonchev–Trinajstić information content (AvgIpc) is 3.16. The van der Waals surface area contributed by atoms with E-state index in [9.17, 15) is 28.3 Å². The van der Waals surface area contributed by atoms with Gasteiger partial charge in [-0.2, -0.15) is 8.78 Å². The van der Waals surface area contributed by atoms with E-state index in [1.165, 1.54) is 6.07 Å². The molecule has 35 heavy (non-hydrogen) atoms. The number of carbonyl (C=O) groups excluding carboxylic acids is 2. The number of carboxylic acids is 1. The van der Waals surface area contributed by atoms with Crippen molar-refractivity contribution in [2.45, 2.75) is 11.8 Å². The van der Waals surface area contributed by atoms with Crippen molar-refractivity contribution in [1.29, 1.82) is 0 Å². The van der Waals surface area contributed by atoms with Gasteiger partial charge in [0.15, 0.2) is 0 Å². The summed E-state index contributed by atoms with van der Waals surface area (Å²) in [4.78, 5) is 35.5. The standard InChI is InChI=1S/C25H19ClF2N2O5/c26-14-9-10-21(19(11-14)22(31)32)30-23(33)25(27,28)13-29-24(34)35-12-20-17-7-3-1-5-15(17)16-6-2-4-8-18(16)20/h1-11,20H,12-13H2,(H,29,34)(H,30,33)(H,31,32). The number of alkyl carbamates (subject to hydrolysis) is 1. The van der Waals surface area contributed by atoms with Gasteiger partial charge in [-0.3, -0.25) is 4.79 Å². The second kappa shape index (κ2) is 9.71. The van der Waals surface area contributed by atoms with Crippen molar-refractivity contribution in [3.8, 4) is 11.1 Å². The molecule has 0 saturated heterocycles. The van der Waals surface area contributed by atoms with Gasteiger partial charge in [0.05, 0.1) is 17.8 Å². The molecule has 3 N–H and O–H groups in total. The number of ether oxygens (including phenoxy) is 1. The van der Waals surface area contributed by atoms with Crippen LogP contribution >= 0.6 is 11.6 Å². The van der Waals surface area contributed by atoms with E-state index in [1.807, 2.05) is 59.2 Å². The second-order valence-corrected chi connectivity index (χ2v) is 8.27. The number of nitrogens with one attached hydrogen (secondary N) is 2. The molecule has 0 bridgehead atoms. The van der Waals surface area contributed by atoms with E-state index < -0.39 is 36.0 Å². The van der Waals surface area contributed by atoms with Crippen LogP contribution in [0.3, 0.4) is 0 Å². The predicted octanol–water partition coefficient (Wildman–Crippen LogP) is 5.15. The number of halogens is 3. The third kappa shape index (κ3) is 5.09. The SMILES string of the molecule is O=C(NCC(F)(F)C(=O)Nc1ccc(Cl)cc1C(=O)O)OCC1c2ccccc2-c2ccccc21. The molecule has 10 heteroatoms. The van der Waals surface area contributed by atoms with Gasteiger partial charge in [0.1, 0.15) is 6.61 Å². The first kappa shape index (κ1) is 24.2. The number of benzene rings is 3. The maximum Gasteiger partial charge on any atom is 0.407 e. The highest BCUT2D eigenvalue weighted by atomic mass is 35.5. The van der Waals surface area contributed by atoms with Crippen LogP contribution in [0.15, 0.2) is 66.7 Å². The third-order valence-electron chi connectivity index (χ3n) is 5.59. The Bertz CT molecular complexity index is 1270. The van der Waals surface area contributed by atoms with Crippen molar-refractivity contribution in [3.63, 3.8) is 0 Å². The molecule has 0 aromatic heterocycles. The lowest BCUT2D eigenvalue weighted by atomic mass is 9.98. The minimum atomic E-state index is -4.04. The number of fused-ring (bicyclic) bond motifs is 3. The first-order chi connectivity index (χ1) is 16.7. The van der Waals surface area contributed by atoms with Crippen LogP contribution in [0.2, 0.25) is 5.02 Å². The molecular weight excluding hydrogens is 482 g/mol. The van der Waals surface area contributed by atoms with Crippen molar-refractivity contribution in [1.82, 2.24) is 5.32 Å². The average molecular weight is 501 g/mol. The number of carboxylic acid groups (broad SMARTS) is 1. The molecule has 2 amide bonds. The summed E-state index contributed by atoms with van der Waals surface area (Å²) in [6, 6.07) is 18.7. The van der Waals surface area contributed by atoms with E-state index in [4.69, 9.17) is 16.3 Å². The minimum absolute atomic E-state index is 0.0593. The summed E-state index contributed by atoms with van der Waals surface area (Å²) in [6.07, 6.45) is -1.11. The van der Waals surface area contributed by atoms with Crippen molar-refractivity contribution in [3.05, 3.63) is 88.4 Å². The van der Waals surface area contributed by atoms with Gasteiger partial charge in [0.2, 0.25) is 0 Å². The zero-order valence-electron chi connectivity index (χ0n) is 18.1. The van der Waals surface area contributed by atoms with Crippen LogP contribution in [0.1, 0.15) is 27.4 Å². The monoisotopic (exact) mass is 500 g/mol. The third-order valence-corrected chi connectivity index (χ3v) is 5.83. The van der Waals surface area contributed by atoms with Gasteiger partial charge in [0, 0.05) is 10.9 Å². The molecule has 3 aromatic carbocycles. The van der Waals surface area contributed by atoms with E-state index in [0.717, 1.165) is 34.4 Å². The molecule has 0 aliphatic heterocycles. The molecule has 1 aliphatic carbocycles. The quantitative estimate of drug-likeness (QED) is 0.416. The van der Waals surface area contributed by atoms with Crippen molar-refractivity contribution >= 4 is 35.3 Å². The normalized spacial score (nSPS) is 12.4. The Labute approximate surface area is 203 Å². The fourth-order valence-corrected chi connectivity index (χ4v) is 4.10. The van der Waals surface area contributed by atoms with E-state index in [1.54, 1.807) is 0 Å². The Morgan fingerprint density at radius 1 is 0.971 bits per heavy atom. The van der Waals surface area contributed by atoms with Gasteiger partial charge in [-0.15, -0.1) is 0 Å². The molecule has 0 radical (unpaired) electrons. The van der Waals surface area contributed by atoms with Crippen molar-refractivity contribution in [2.75, 3.05) is 18.5 Å². The van der Waals surface area contributed by atoms with Gasteiger partial charge in [-0.1, -0.05) is 60.1 Å². The van der Waals surface area contributed by atoms with Gasteiger partial charge in [0.25, 0.3) is 5.91 Å². The lowest BCUT2D eigenvalue weighted by Gasteiger charge is -2.18. The highest BCUT2D eigenvalue weighted by Gasteiger charge is 2.40. The maximum absolute atomic E-state index is 14.4. The van der Waals surface area contributed by atoms with Crippen LogP contribution in [-0.4, -0.2) is 42.2 Å². The number of aromatic carboxylic acids is 1. The van der Waals surface area contributed by atoms with E-state index in [-0.39, 0.29) is 23.2 Å². The van der Waals surface area contributed by atoms with E-state index in [2.05, 4.69) is 0 Å². The number of alkyl halides is 2. The number of carbonyl (C=O) groups is 3. The molecule has 7 nitrogen and oxygen atoms in total. The number of anilines is 1. The summed E-state index contributed by atoms with van der Waals surface area (Å²) in [5.74, 6) is -7.54. The van der Waals surface area contributed by atoms with Crippen LogP contribution in [0, 0.1) is 0 Å². The van der Waals surface area contributed by atoms with Crippen LogP contribution in [-0.2, 0) is 9.53 Å². The fourth-order valence-electron chi connectivity index (χ4n) is 3.93. The van der Waals surface area contributed by atoms with Gasteiger partial charge >= 0.3 is 18.0 Å². The summed E-state index contributed by atoms with van der Waals surface area (Å²) in [5.41, 5.74) is 3.15. The molecule has 0 saturated carbocycles. The molecule has 0 atom stereocenters. The number of amides is 2. The molecule has 0 fully saturated rings. The Balaban J connectivity index is 1.36. The van der Waals surface area contributed by atoms with E-state index >= 15 is 0 Å². The van der Waals surface area contributed by atoms with Crippen molar-refractivity contribution in [2.24, 2.45) is 0 Å². The van der Waals surface area contributed by atoms with Gasteiger partial charge < -0.3 is 20.5 Å². The summed E-state index contributed by atoms with van der Waals surface area (Å²) in [5, 5.41) is 13.0. The lowest BCUT2D eigenvalue weighted by Crippen LogP contribution is -2.45. The molecule has 0 spiro atoms. The number of hydrogen-bond donors (Lipinski definition) is 3. The fraction of sp³-hybridized carbons (Fsp3) is 0.160. The zero-order valence-corrected chi connectivity index (χ0v) is 18.8. The largest absolute Gasteiger partial charge is 0.478 e.